The highest BCUT2D eigenvalue weighted by Crippen LogP contribution is 2.35. The third kappa shape index (κ3) is 4.62. The molecule has 1 aliphatic rings. The molecule has 0 amide bonds. The van der Waals surface area contributed by atoms with Crippen molar-refractivity contribution < 1.29 is 14.6 Å². The SMILES string of the molecule is CC(C)CCC1(CCc2ccccc2)CC(O)=CC(=O)O1. The molecule has 0 radical (unpaired) electrons. The molecule has 0 fully saturated rings. The summed E-state index contributed by atoms with van der Waals surface area (Å²) in [5.41, 5.74) is 0.669. The van der Waals surface area contributed by atoms with Gasteiger partial charge < -0.3 is 9.84 Å². The molecule has 0 spiro atoms. The lowest BCUT2D eigenvalue weighted by Crippen LogP contribution is -2.39. The van der Waals surface area contributed by atoms with E-state index in [0.717, 1.165) is 25.7 Å². The van der Waals surface area contributed by atoms with Gasteiger partial charge in [0.05, 0.1) is 6.08 Å². The van der Waals surface area contributed by atoms with Gasteiger partial charge in [0.1, 0.15) is 11.4 Å². The molecular weight excluding hydrogens is 264 g/mol. The first kappa shape index (κ1) is 15.6. The van der Waals surface area contributed by atoms with E-state index in [4.69, 9.17) is 4.74 Å². The predicted octanol–water partition coefficient (Wildman–Crippen LogP) is 4.18. The van der Waals surface area contributed by atoms with E-state index in [1.54, 1.807) is 0 Å². The van der Waals surface area contributed by atoms with Crippen LogP contribution in [0.15, 0.2) is 42.2 Å². The summed E-state index contributed by atoms with van der Waals surface area (Å²) in [6, 6.07) is 10.2. The molecule has 0 saturated carbocycles. The second-order valence-corrected chi connectivity index (χ2v) is 6.33. The van der Waals surface area contributed by atoms with Crippen LogP contribution >= 0.6 is 0 Å². The summed E-state index contributed by atoms with van der Waals surface area (Å²) in [5, 5.41) is 9.84. The second kappa shape index (κ2) is 6.79. The van der Waals surface area contributed by atoms with Crippen molar-refractivity contribution in [2.75, 3.05) is 0 Å². The first-order valence-corrected chi connectivity index (χ1v) is 7.65. The van der Waals surface area contributed by atoms with E-state index in [2.05, 4.69) is 26.0 Å². The maximum absolute atomic E-state index is 11.7. The fourth-order valence-corrected chi connectivity index (χ4v) is 2.77. The molecule has 1 unspecified atom stereocenters. The Morgan fingerprint density at radius 1 is 1.24 bits per heavy atom. The molecule has 0 aliphatic carbocycles. The maximum Gasteiger partial charge on any atom is 0.334 e. The van der Waals surface area contributed by atoms with Gasteiger partial charge in [-0.05, 0) is 37.2 Å². The van der Waals surface area contributed by atoms with Crippen LogP contribution in [0.1, 0.15) is 45.1 Å². The smallest absolute Gasteiger partial charge is 0.334 e. The quantitative estimate of drug-likeness (QED) is 0.799. The summed E-state index contributed by atoms with van der Waals surface area (Å²) < 4.78 is 5.64. The topological polar surface area (TPSA) is 46.5 Å². The summed E-state index contributed by atoms with van der Waals surface area (Å²) in [6.07, 6.45) is 4.98. The molecule has 0 saturated heterocycles. The average Bonchev–Trinajstić information content (AvgIpc) is 2.43. The van der Waals surface area contributed by atoms with Crippen LogP contribution < -0.4 is 0 Å². The van der Waals surface area contributed by atoms with Gasteiger partial charge in [-0.3, -0.25) is 0 Å². The Bertz CT molecular complexity index is 504. The molecule has 3 heteroatoms. The van der Waals surface area contributed by atoms with Gasteiger partial charge in [0.25, 0.3) is 0 Å². The zero-order chi connectivity index (χ0) is 15.3. The minimum Gasteiger partial charge on any atom is -0.512 e. The number of hydrogen-bond acceptors (Lipinski definition) is 3. The number of aryl methyl sites for hydroxylation is 1. The minimum atomic E-state index is -0.559. The van der Waals surface area contributed by atoms with Gasteiger partial charge in [-0.25, -0.2) is 4.79 Å². The highest BCUT2D eigenvalue weighted by molar-refractivity contribution is 5.83. The number of aliphatic hydroxyl groups is 1. The molecule has 0 bridgehead atoms. The molecule has 114 valence electrons. The summed E-state index contributed by atoms with van der Waals surface area (Å²) in [6.45, 7) is 4.32. The second-order valence-electron chi connectivity index (χ2n) is 6.33. The third-order valence-corrected chi connectivity index (χ3v) is 3.99. The van der Waals surface area contributed by atoms with E-state index < -0.39 is 11.6 Å². The van der Waals surface area contributed by atoms with Gasteiger partial charge in [-0.15, -0.1) is 0 Å². The standard InChI is InChI=1S/C18H24O3/c1-14(2)8-10-18(13-16(19)12-17(20)21-18)11-9-15-6-4-3-5-7-15/h3-7,12,14,19H,8-11,13H2,1-2H3. The van der Waals surface area contributed by atoms with Crippen LogP contribution in [0.25, 0.3) is 0 Å². The van der Waals surface area contributed by atoms with E-state index in [1.807, 2.05) is 18.2 Å². The molecule has 21 heavy (non-hydrogen) atoms. The number of ether oxygens (including phenoxy) is 1. The van der Waals surface area contributed by atoms with E-state index in [9.17, 15) is 9.90 Å². The lowest BCUT2D eigenvalue weighted by atomic mass is 9.83. The Labute approximate surface area is 126 Å². The predicted molar refractivity (Wildman–Crippen MR) is 83.0 cm³/mol. The van der Waals surface area contributed by atoms with E-state index in [0.29, 0.717) is 12.3 Å². The van der Waals surface area contributed by atoms with Crippen molar-refractivity contribution in [3.8, 4) is 0 Å². The molecule has 1 aromatic carbocycles. The zero-order valence-electron chi connectivity index (χ0n) is 12.8. The van der Waals surface area contributed by atoms with Crippen LogP contribution in [0.4, 0.5) is 0 Å². The first-order valence-electron chi connectivity index (χ1n) is 7.65. The summed E-state index contributed by atoms with van der Waals surface area (Å²) in [7, 11) is 0. The Morgan fingerprint density at radius 3 is 2.57 bits per heavy atom. The number of cyclic esters (lactones) is 1. The number of carbonyl (C=O) groups excluding carboxylic acids is 1. The van der Waals surface area contributed by atoms with E-state index in [-0.39, 0.29) is 5.76 Å². The van der Waals surface area contributed by atoms with Crippen molar-refractivity contribution in [3.05, 3.63) is 47.7 Å². The molecule has 1 heterocycles. The number of rotatable bonds is 6. The lowest BCUT2D eigenvalue weighted by Gasteiger charge is -2.36. The fourth-order valence-electron chi connectivity index (χ4n) is 2.77. The van der Waals surface area contributed by atoms with Crippen molar-refractivity contribution in [1.82, 2.24) is 0 Å². The van der Waals surface area contributed by atoms with Crippen LogP contribution in [0.5, 0.6) is 0 Å². The number of esters is 1. The van der Waals surface area contributed by atoms with Crippen LogP contribution in [0, 0.1) is 5.92 Å². The monoisotopic (exact) mass is 288 g/mol. The molecule has 1 aromatic rings. The normalized spacial score (nSPS) is 22.0. The summed E-state index contributed by atoms with van der Waals surface area (Å²) in [4.78, 5) is 11.7. The van der Waals surface area contributed by atoms with E-state index in [1.165, 1.54) is 11.6 Å². The highest BCUT2D eigenvalue weighted by Gasteiger charge is 2.37. The van der Waals surface area contributed by atoms with Gasteiger partial charge in [-0.1, -0.05) is 44.2 Å². The Kier molecular flexibility index (Phi) is 5.05. The zero-order valence-corrected chi connectivity index (χ0v) is 12.8. The highest BCUT2D eigenvalue weighted by atomic mass is 16.6. The molecule has 2 rings (SSSR count). The molecular formula is C18H24O3. The largest absolute Gasteiger partial charge is 0.512 e. The van der Waals surface area contributed by atoms with Gasteiger partial charge in [0, 0.05) is 6.42 Å². The fraction of sp³-hybridized carbons (Fsp3) is 0.500. The molecule has 0 aromatic heterocycles. The third-order valence-electron chi connectivity index (χ3n) is 3.99. The summed E-state index contributed by atoms with van der Waals surface area (Å²) in [5.74, 6) is 0.268. The van der Waals surface area contributed by atoms with Crippen molar-refractivity contribution in [2.24, 2.45) is 5.92 Å². The van der Waals surface area contributed by atoms with E-state index >= 15 is 0 Å². The van der Waals surface area contributed by atoms with Crippen molar-refractivity contribution >= 4 is 5.97 Å². The summed E-state index contributed by atoms with van der Waals surface area (Å²) >= 11 is 0. The van der Waals surface area contributed by atoms with Crippen molar-refractivity contribution in [2.45, 2.75) is 51.6 Å². The Hall–Kier alpha value is -1.77. The van der Waals surface area contributed by atoms with Crippen LogP contribution in [-0.4, -0.2) is 16.7 Å². The number of aliphatic hydroxyl groups excluding tert-OH is 1. The van der Waals surface area contributed by atoms with Crippen molar-refractivity contribution in [1.29, 1.82) is 0 Å². The average molecular weight is 288 g/mol. The van der Waals surface area contributed by atoms with Gasteiger partial charge >= 0.3 is 5.97 Å². The van der Waals surface area contributed by atoms with Gasteiger partial charge in [0.2, 0.25) is 0 Å². The van der Waals surface area contributed by atoms with Crippen molar-refractivity contribution in [3.63, 3.8) is 0 Å². The van der Waals surface area contributed by atoms with Gasteiger partial charge in [0.15, 0.2) is 0 Å². The Balaban J connectivity index is 2.08. The number of benzene rings is 1. The lowest BCUT2D eigenvalue weighted by molar-refractivity contribution is -0.159. The number of hydrogen-bond donors (Lipinski definition) is 1. The Morgan fingerprint density at radius 2 is 1.95 bits per heavy atom. The molecule has 1 N–H and O–H groups in total. The molecule has 1 atom stereocenters. The van der Waals surface area contributed by atoms with Gasteiger partial charge in [-0.2, -0.15) is 0 Å². The minimum absolute atomic E-state index is 0.142. The molecule has 3 nitrogen and oxygen atoms in total. The maximum atomic E-state index is 11.7. The molecule has 1 aliphatic heterocycles. The van der Waals surface area contributed by atoms with Crippen LogP contribution in [-0.2, 0) is 16.0 Å². The first-order chi connectivity index (χ1) is 9.99. The number of carbonyl (C=O) groups is 1. The van der Waals surface area contributed by atoms with Crippen LogP contribution in [0.2, 0.25) is 0 Å². The van der Waals surface area contributed by atoms with Crippen LogP contribution in [0.3, 0.4) is 0 Å².